The molecule has 0 bridgehead atoms. The number of alkyl halides is 2. The van der Waals surface area contributed by atoms with Gasteiger partial charge in [-0.1, -0.05) is 27.2 Å². The number of carbonyl (C=O) groups excluding carboxylic acids is 4. The summed E-state index contributed by atoms with van der Waals surface area (Å²) in [5.41, 5.74) is -1.12. The van der Waals surface area contributed by atoms with Crippen LogP contribution in [0.5, 0.6) is 0 Å². The van der Waals surface area contributed by atoms with Gasteiger partial charge in [-0.2, -0.15) is 0 Å². The molecule has 0 aromatic heterocycles. The van der Waals surface area contributed by atoms with Gasteiger partial charge in [0.2, 0.25) is 17.7 Å². The third kappa shape index (κ3) is 6.87. The van der Waals surface area contributed by atoms with Crippen molar-refractivity contribution in [2.75, 3.05) is 6.54 Å². The molecular weight excluding hydrogens is 516 g/mol. The van der Waals surface area contributed by atoms with Gasteiger partial charge < -0.3 is 25.4 Å². The molecule has 0 aromatic carbocycles. The second-order valence-corrected chi connectivity index (χ2v) is 12.7. The number of likely N-dealkylation sites (tertiary alicyclic amines) is 1. The molecule has 2 saturated carbocycles. The van der Waals surface area contributed by atoms with E-state index in [2.05, 4.69) is 10.6 Å². The van der Waals surface area contributed by atoms with Crippen molar-refractivity contribution in [3.8, 4) is 0 Å². The molecule has 0 aromatic rings. The van der Waals surface area contributed by atoms with Crippen LogP contribution in [0.15, 0.2) is 0 Å². The Kier molecular flexibility index (Phi) is 8.67. The number of piperidine rings is 1. The normalized spacial score (nSPS) is 27.1. The summed E-state index contributed by atoms with van der Waals surface area (Å²) >= 11 is 0. The Hall–Kier alpha value is -2.79. The highest BCUT2D eigenvalue weighted by Crippen LogP contribution is 2.65. The Balaban J connectivity index is 1.87. The molecule has 3 aliphatic rings. The first kappa shape index (κ1) is 30.7. The molecule has 3 amide bonds. The molecule has 0 radical (unpaired) electrons. The number of ketones is 1. The second-order valence-electron chi connectivity index (χ2n) is 12.7. The maximum atomic E-state index is 14.0. The lowest BCUT2D eigenvalue weighted by molar-refractivity contribution is -0.151. The summed E-state index contributed by atoms with van der Waals surface area (Å²) < 4.78 is 33.2. The Morgan fingerprint density at radius 1 is 1.08 bits per heavy atom. The zero-order valence-electron chi connectivity index (χ0n) is 23.5. The van der Waals surface area contributed by atoms with E-state index in [9.17, 15) is 37.9 Å². The molecule has 3 N–H and O–H groups in total. The molecule has 220 valence electrons. The van der Waals surface area contributed by atoms with E-state index < -0.39 is 78.1 Å². The Morgan fingerprint density at radius 2 is 1.67 bits per heavy atom. The van der Waals surface area contributed by atoms with Crippen molar-refractivity contribution in [2.24, 2.45) is 23.2 Å². The number of aliphatic carboxylic acids is 1. The third-order valence-corrected chi connectivity index (χ3v) is 8.35. The van der Waals surface area contributed by atoms with Crippen LogP contribution in [0.25, 0.3) is 0 Å². The van der Waals surface area contributed by atoms with Crippen molar-refractivity contribution in [2.45, 2.75) is 110 Å². The van der Waals surface area contributed by atoms with E-state index in [-0.39, 0.29) is 43.1 Å². The highest BCUT2D eigenvalue weighted by molar-refractivity contribution is 6.35. The summed E-state index contributed by atoms with van der Waals surface area (Å²) in [5.74, 6) is -7.69. The van der Waals surface area contributed by atoms with Crippen molar-refractivity contribution in [1.82, 2.24) is 15.5 Å². The Morgan fingerprint density at radius 3 is 2.18 bits per heavy atom. The quantitative estimate of drug-likeness (QED) is 0.370. The predicted molar refractivity (Wildman–Crippen MR) is 136 cm³/mol. The number of alkyl carbamates (subject to hydrolysis) is 1. The SMILES string of the molecule is CCCC(NC(=O)[C@@H]1[C@@H]2[C@H](CN1C(=O)C(NC(=O)OC(C)(C)C)C1CCC(F)(F)CC1)C2(C)C)C(=O)C(=O)O. The van der Waals surface area contributed by atoms with Crippen LogP contribution in [0, 0.1) is 23.2 Å². The summed E-state index contributed by atoms with van der Waals surface area (Å²) in [6.07, 6.45) is -1.12. The Bertz CT molecular complexity index is 1000. The van der Waals surface area contributed by atoms with Gasteiger partial charge in [-0.15, -0.1) is 0 Å². The van der Waals surface area contributed by atoms with E-state index in [1.807, 2.05) is 13.8 Å². The van der Waals surface area contributed by atoms with Crippen molar-refractivity contribution in [3.63, 3.8) is 0 Å². The number of nitrogens with zero attached hydrogens (tertiary/aromatic N) is 1. The number of fused-ring (bicyclic) bond motifs is 1. The largest absolute Gasteiger partial charge is 0.475 e. The lowest BCUT2D eigenvalue weighted by Crippen LogP contribution is -2.59. The molecule has 1 heterocycles. The zero-order chi connectivity index (χ0) is 29.5. The van der Waals surface area contributed by atoms with Gasteiger partial charge in [0, 0.05) is 19.4 Å². The topological polar surface area (TPSA) is 142 Å². The first-order chi connectivity index (χ1) is 17.9. The van der Waals surface area contributed by atoms with E-state index in [1.165, 1.54) is 4.90 Å². The van der Waals surface area contributed by atoms with Gasteiger partial charge in [-0.05, 0) is 63.2 Å². The molecular formula is C27H41F2N3O7. The maximum Gasteiger partial charge on any atom is 0.408 e. The van der Waals surface area contributed by atoms with Crippen molar-refractivity contribution in [1.29, 1.82) is 0 Å². The molecule has 1 saturated heterocycles. The average Bonchev–Trinajstić information content (AvgIpc) is 3.14. The van der Waals surface area contributed by atoms with Crippen molar-refractivity contribution < 1.29 is 42.6 Å². The number of Topliss-reactive ketones (excluding diaryl/α,β-unsaturated/α-hetero) is 1. The zero-order valence-corrected chi connectivity index (χ0v) is 23.5. The molecule has 2 unspecified atom stereocenters. The monoisotopic (exact) mass is 557 g/mol. The number of rotatable bonds is 9. The fraction of sp³-hybridized carbons (Fsp3) is 0.815. The molecule has 3 rings (SSSR count). The standard InChI is InChI=1S/C27H41F2N3O7/c1-7-8-16(20(33)23(36)37)30-21(34)19-17-15(26(17,5)6)13-32(19)22(35)18(31-24(38)39-25(2,3)4)14-9-11-27(28,29)12-10-14/h14-19H,7-13H2,1-6H3,(H,30,34)(H,31,38)(H,36,37)/t15-,16?,17-,18?,19-/m0/s1. The van der Waals surface area contributed by atoms with Crippen molar-refractivity contribution >= 4 is 29.7 Å². The Labute approximate surface area is 227 Å². The number of carbonyl (C=O) groups is 5. The van der Waals surface area contributed by atoms with E-state index in [1.54, 1.807) is 27.7 Å². The fourth-order valence-electron chi connectivity index (χ4n) is 6.17. The average molecular weight is 558 g/mol. The van der Waals surface area contributed by atoms with Crippen LogP contribution in [0.1, 0.15) is 80.1 Å². The summed E-state index contributed by atoms with van der Waals surface area (Å²) in [6, 6.07) is -3.42. The highest BCUT2D eigenvalue weighted by Gasteiger charge is 2.69. The lowest BCUT2D eigenvalue weighted by Gasteiger charge is -2.38. The van der Waals surface area contributed by atoms with Gasteiger partial charge in [-0.25, -0.2) is 18.4 Å². The molecule has 3 fully saturated rings. The summed E-state index contributed by atoms with van der Waals surface area (Å²) in [5, 5.41) is 14.3. The van der Waals surface area contributed by atoms with Gasteiger partial charge in [0.05, 0.1) is 6.04 Å². The van der Waals surface area contributed by atoms with Crippen molar-refractivity contribution in [3.05, 3.63) is 0 Å². The molecule has 0 spiro atoms. The summed E-state index contributed by atoms with van der Waals surface area (Å²) in [4.78, 5) is 65.1. The minimum Gasteiger partial charge on any atom is -0.475 e. The number of hydrogen-bond acceptors (Lipinski definition) is 6. The fourth-order valence-corrected chi connectivity index (χ4v) is 6.17. The summed E-state index contributed by atoms with van der Waals surface area (Å²) in [6.45, 7) is 10.9. The highest BCUT2D eigenvalue weighted by atomic mass is 19.3. The molecule has 39 heavy (non-hydrogen) atoms. The molecule has 5 atom stereocenters. The predicted octanol–water partition coefficient (Wildman–Crippen LogP) is 3.13. The maximum absolute atomic E-state index is 14.0. The number of halogens is 2. The van der Waals surface area contributed by atoms with Gasteiger partial charge in [-0.3, -0.25) is 14.4 Å². The van der Waals surface area contributed by atoms with Crippen LogP contribution in [0.3, 0.4) is 0 Å². The van der Waals surface area contributed by atoms with Gasteiger partial charge in [0.25, 0.3) is 5.78 Å². The molecule has 10 nitrogen and oxygen atoms in total. The number of hydrogen-bond donors (Lipinski definition) is 3. The minimum atomic E-state index is -2.84. The smallest absolute Gasteiger partial charge is 0.408 e. The van der Waals surface area contributed by atoms with E-state index in [4.69, 9.17) is 4.74 Å². The van der Waals surface area contributed by atoms with Gasteiger partial charge in [0.15, 0.2) is 0 Å². The first-order valence-electron chi connectivity index (χ1n) is 13.6. The van der Waals surface area contributed by atoms with Crippen LogP contribution in [-0.4, -0.2) is 75.9 Å². The van der Waals surface area contributed by atoms with Gasteiger partial charge >= 0.3 is 12.1 Å². The number of carboxylic acids is 1. The number of amides is 3. The van der Waals surface area contributed by atoms with Crippen LogP contribution < -0.4 is 10.6 Å². The number of nitrogens with one attached hydrogen (secondary N) is 2. The first-order valence-corrected chi connectivity index (χ1v) is 13.6. The third-order valence-electron chi connectivity index (χ3n) is 8.35. The van der Waals surface area contributed by atoms with E-state index in [0.29, 0.717) is 6.42 Å². The van der Waals surface area contributed by atoms with Crippen LogP contribution in [0.2, 0.25) is 0 Å². The van der Waals surface area contributed by atoms with Crippen LogP contribution in [-0.2, 0) is 23.9 Å². The summed E-state index contributed by atoms with van der Waals surface area (Å²) in [7, 11) is 0. The molecule has 12 heteroatoms. The number of carboxylic acid groups (broad SMARTS) is 1. The van der Waals surface area contributed by atoms with Gasteiger partial charge in [0.1, 0.15) is 17.7 Å². The van der Waals surface area contributed by atoms with E-state index >= 15 is 0 Å². The second kappa shape index (κ2) is 11.0. The van der Waals surface area contributed by atoms with E-state index in [0.717, 1.165) is 0 Å². The molecule has 1 aliphatic heterocycles. The minimum absolute atomic E-state index is 0.00788. The van der Waals surface area contributed by atoms with Crippen LogP contribution >= 0.6 is 0 Å². The lowest BCUT2D eigenvalue weighted by atomic mass is 9.81. The number of ether oxygens (including phenoxy) is 1. The van der Waals surface area contributed by atoms with Crippen LogP contribution in [0.4, 0.5) is 13.6 Å². The molecule has 2 aliphatic carbocycles.